The second-order valence-corrected chi connectivity index (χ2v) is 3.20. The molecule has 0 bridgehead atoms. The Bertz CT molecular complexity index is 412. The summed E-state index contributed by atoms with van der Waals surface area (Å²) in [5.41, 5.74) is 0.723. The van der Waals surface area contributed by atoms with Crippen molar-refractivity contribution in [2.45, 2.75) is 0 Å². The minimum atomic E-state index is 0.710. The molecule has 0 aliphatic rings. The number of fused-ring (bicyclic) bond motifs is 1. The Morgan fingerprint density at radius 2 is 2.42 bits per heavy atom. The average molecular weight is 228 g/mol. The molecular formula is C7H6BrN3O. The zero-order chi connectivity index (χ0) is 8.55. The second-order valence-electron chi connectivity index (χ2n) is 2.29. The normalized spacial score (nSPS) is 10.5. The number of rotatable bonds is 1. The average Bonchev–Trinajstić information content (AvgIpc) is 2.50. The van der Waals surface area contributed by atoms with Crippen LogP contribution >= 0.6 is 15.9 Å². The number of ether oxygens (including phenoxy) is 1. The van der Waals surface area contributed by atoms with Gasteiger partial charge in [-0.15, -0.1) is 10.2 Å². The largest absolute Gasteiger partial charge is 0.493 e. The quantitative estimate of drug-likeness (QED) is 0.742. The molecule has 62 valence electrons. The smallest absolute Gasteiger partial charge is 0.203 e. The third-order valence-electron chi connectivity index (χ3n) is 1.54. The van der Waals surface area contributed by atoms with Crippen LogP contribution in [-0.2, 0) is 0 Å². The van der Waals surface area contributed by atoms with Crippen molar-refractivity contribution in [3.63, 3.8) is 0 Å². The third kappa shape index (κ3) is 1.06. The van der Waals surface area contributed by atoms with Gasteiger partial charge in [-0.3, -0.25) is 4.40 Å². The maximum Gasteiger partial charge on any atom is 0.203 e. The predicted octanol–water partition coefficient (Wildman–Crippen LogP) is 1.50. The molecule has 2 aromatic rings. The van der Waals surface area contributed by atoms with Gasteiger partial charge in [-0.25, -0.2) is 0 Å². The Kier molecular flexibility index (Phi) is 1.73. The molecule has 0 atom stereocenters. The van der Waals surface area contributed by atoms with Crippen LogP contribution in [0.1, 0.15) is 0 Å². The van der Waals surface area contributed by atoms with Crippen LogP contribution < -0.4 is 4.74 Å². The van der Waals surface area contributed by atoms with E-state index in [0.717, 1.165) is 10.1 Å². The van der Waals surface area contributed by atoms with Crippen molar-refractivity contribution in [2.24, 2.45) is 0 Å². The maximum atomic E-state index is 5.11. The molecule has 0 N–H and O–H groups in total. The maximum absolute atomic E-state index is 5.11. The van der Waals surface area contributed by atoms with Crippen molar-refractivity contribution in [3.05, 3.63) is 23.1 Å². The van der Waals surface area contributed by atoms with Crippen molar-refractivity contribution in [2.75, 3.05) is 7.11 Å². The Morgan fingerprint density at radius 3 is 3.17 bits per heavy atom. The standard InChI is InChI=1S/C7H6BrN3O/c1-12-6-2-5(8)3-11-4-9-10-7(6)11/h2-4H,1H3. The molecule has 0 saturated heterocycles. The Balaban J connectivity index is 2.80. The molecule has 2 aromatic heterocycles. The molecule has 0 aliphatic carbocycles. The van der Waals surface area contributed by atoms with Gasteiger partial charge in [-0.2, -0.15) is 0 Å². The topological polar surface area (TPSA) is 39.4 Å². The van der Waals surface area contributed by atoms with Gasteiger partial charge in [0.2, 0.25) is 5.65 Å². The first-order chi connectivity index (χ1) is 5.81. The van der Waals surface area contributed by atoms with Crippen molar-refractivity contribution >= 4 is 21.6 Å². The SMILES string of the molecule is COc1cc(Br)cn2cnnc12. The Hall–Kier alpha value is -1.10. The molecule has 0 radical (unpaired) electrons. The van der Waals surface area contributed by atoms with Crippen LogP contribution in [0.15, 0.2) is 23.1 Å². The lowest BCUT2D eigenvalue weighted by molar-refractivity contribution is 0.416. The van der Waals surface area contributed by atoms with Gasteiger partial charge in [-0.1, -0.05) is 0 Å². The van der Waals surface area contributed by atoms with Gasteiger partial charge in [0.05, 0.1) is 7.11 Å². The lowest BCUT2D eigenvalue weighted by Crippen LogP contribution is -1.89. The molecule has 0 aromatic carbocycles. The van der Waals surface area contributed by atoms with E-state index in [9.17, 15) is 0 Å². The van der Waals surface area contributed by atoms with Crippen LogP contribution in [0, 0.1) is 0 Å². The fraction of sp³-hybridized carbons (Fsp3) is 0.143. The highest BCUT2D eigenvalue weighted by atomic mass is 79.9. The first-order valence-corrected chi connectivity index (χ1v) is 4.13. The summed E-state index contributed by atoms with van der Waals surface area (Å²) in [6.45, 7) is 0. The monoisotopic (exact) mass is 227 g/mol. The van der Waals surface area contributed by atoms with Crippen LogP contribution in [0.5, 0.6) is 5.75 Å². The number of hydrogen-bond donors (Lipinski definition) is 0. The van der Waals surface area contributed by atoms with E-state index < -0.39 is 0 Å². The third-order valence-corrected chi connectivity index (χ3v) is 1.98. The molecule has 0 aliphatic heterocycles. The summed E-state index contributed by atoms with van der Waals surface area (Å²) in [7, 11) is 1.61. The van der Waals surface area contributed by atoms with E-state index >= 15 is 0 Å². The highest BCUT2D eigenvalue weighted by molar-refractivity contribution is 9.10. The second kappa shape index (κ2) is 2.75. The Labute approximate surface area is 77.3 Å². The Morgan fingerprint density at radius 1 is 1.58 bits per heavy atom. The lowest BCUT2D eigenvalue weighted by atomic mass is 10.4. The van der Waals surface area contributed by atoms with Crippen molar-refractivity contribution < 1.29 is 4.74 Å². The fourth-order valence-electron chi connectivity index (χ4n) is 1.02. The van der Waals surface area contributed by atoms with Crippen LogP contribution in [0.3, 0.4) is 0 Å². The van der Waals surface area contributed by atoms with Gasteiger partial charge < -0.3 is 4.74 Å². The van der Waals surface area contributed by atoms with Gasteiger partial charge >= 0.3 is 0 Å². The summed E-state index contributed by atoms with van der Waals surface area (Å²) in [6, 6.07) is 1.85. The van der Waals surface area contributed by atoms with Gasteiger partial charge in [0.25, 0.3) is 0 Å². The van der Waals surface area contributed by atoms with E-state index in [-0.39, 0.29) is 0 Å². The highest BCUT2D eigenvalue weighted by Gasteiger charge is 2.04. The minimum Gasteiger partial charge on any atom is -0.493 e. The fourth-order valence-corrected chi connectivity index (χ4v) is 1.45. The number of hydrogen-bond acceptors (Lipinski definition) is 3. The zero-order valence-corrected chi connectivity index (χ0v) is 7.95. The molecule has 0 fully saturated rings. The molecule has 0 spiro atoms. The lowest BCUT2D eigenvalue weighted by Gasteiger charge is -2.01. The van der Waals surface area contributed by atoms with Crippen LogP contribution in [0.2, 0.25) is 0 Å². The van der Waals surface area contributed by atoms with Crippen molar-refractivity contribution in [3.8, 4) is 5.75 Å². The van der Waals surface area contributed by atoms with Gasteiger partial charge in [0, 0.05) is 10.7 Å². The predicted molar refractivity (Wildman–Crippen MR) is 47.2 cm³/mol. The van der Waals surface area contributed by atoms with Crippen LogP contribution in [0.4, 0.5) is 0 Å². The number of aromatic nitrogens is 3. The van der Waals surface area contributed by atoms with Crippen LogP contribution in [0.25, 0.3) is 5.65 Å². The molecule has 5 heteroatoms. The number of pyridine rings is 1. The molecule has 2 heterocycles. The van der Waals surface area contributed by atoms with E-state index in [1.54, 1.807) is 17.8 Å². The molecule has 0 saturated carbocycles. The summed E-state index contributed by atoms with van der Waals surface area (Å²) < 4.78 is 7.84. The van der Waals surface area contributed by atoms with Crippen molar-refractivity contribution in [1.82, 2.24) is 14.6 Å². The molecule has 0 unspecified atom stereocenters. The zero-order valence-electron chi connectivity index (χ0n) is 6.36. The summed E-state index contributed by atoms with van der Waals surface area (Å²) in [4.78, 5) is 0. The van der Waals surface area contributed by atoms with Gasteiger partial charge in [-0.05, 0) is 22.0 Å². The molecular weight excluding hydrogens is 222 g/mol. The van der Waals surface area contributed by atoms with Crippen molar-refractivity contribution in [1.29, 1.82) is 0 Å². The van der Waals surface area contributed by atoms with E-state index in [1.807, 2.05) is 12.3 Å². The molecule has 4 nitrogen and oxygen atoms in total. The van der Waals surface area contributed by atoms with E-state index in [1.165, 1.54) is 0 Å². The van der Waals surface area contributed by atoms with E-state index in [4.69, 9.17) is 4.74 Å². The first kappa shape index (κ1) is 7.54. The number of nitrogens with zero attached hydrogens (tertiary/aromatic N) is 3. The number of methoxy groups -OCH3 is 1. The van der Waals surface area contributed by atoms with Crippen LogP contribution in [-0.4, -0.2) is 21.7 Å². The minimum absolute atomic E-state index is 0.710. The summed E-state index contributed by atoms with van der Waals surface area (Å²) in [5.74, 6) is 0.710. The molecule has 12 heavy (non-hydrogen) atoms. The van der Waals surface area contributed by atoms with Gasteiger partial charge in [0.15, 0.2) is 5.75 Å². The first-order valence-electron chi connectivity index (χ1n) is 3.34. The van der Waals surface area contributed by atoms with Gasteiger partial charge in [0.1, 0.15) is 6.33 Å². The summed E-state index contributed by atoms with van der Waals surface area (Å²) >= 11 is 3.35. The highest BCUT2D eigenvalue weighted by Crippen LogP contribution is 2.21. The molecule has 2 rings (SSSR count). The number of halogens is 1. The van der Waals surface area contributed by atoms with E-state index in [0.29, 0.717) is 5.75 Å². The summed E-state index contributed by atoms with van der Waals surface area (Å²) in [6.07, 6.45) is 3.50. The molecule has 0 amide bonds. The summed E-state index contributed by atoms with van der Waals surface area (Å²) in [5, 5.41) is 7.66. The van der Waals surface area contributed by atoms with E-state index in [2.05, 4.69) is 26.1 Å².